The normalized spacial score (nSPS) is 42.6. The zero-order chi connectivity index (χ0) is 9.97. The van der Waals surface area contributed by atoms with E-state index < -0.39 is 0 Å². The van der Waals surface area contributed by atoms with Crippen molar-refractivity contribution in [1.29, 1.82) is 0 Å². The molecule has 2 rings (SSSR count). The van der Waals surface area contributed by atoms with Gasteiger partial charge in [0.1, 0.15) is 12.6 Å². The van der Waals surface area contributed by atoms with Crippen LogP contribution in [0, 0.1) is 23.7 Å². The van der Waals surface area contributed by atoms with Gasteiger partial charge >= 0.3 is 0 Å². The Morgan fingerprint density at radius 1 is 0.714 bits per heavy atom. The average Bonchev–Trinajstić information content (AvgIpc) is 2.27. The Morgan fingerprint density at radius 3 is 1.50 bits per heavy atom. The van der Waals surface area contributed by atoms with Crippen molar-refractivity contribution in [3.05, 3.63) is 0 Å². The first-order valence-electron chi connectivity index (χ1n) is 5.77. The highest BCUT2D eigenvalue weighted by Gasteiger charge is 2.39. The summed E-state index contributed by atoms with van der Waals surface area (Å²) in [5.41, 5.74) is 0. The van der Waals surface area contributed by atoms with Crippen molar-refractivity contribution in [2.75, 3.05) is 0 Å². The monoisotopic (exact) mass is 194 g/mol. The quantitative estimate of drug-likeness (QED) is 0.632. The van der Waals surface area contributed by atoms with E-state index in [-0.39, 0.29) is 11.8 Å². The van der Waals surface area contributed by atoms with Gasteiger partial charge in [-0.05, 0) is 37.5 Å². The summed E-state index contributed by atoms with van der Waals surface area (Å²) < 4.78 is 0. The minimum absolute atomic E-state index is 0.247. The second-order valence-electron chi connectivity index (χ2n) is 4.79. The van der Waals surface area contributed by atoms with E-state index in [9.17, 15) is 9.59 Å². The molecule has 0 aromatic rings. The van der Waals surface area contributed by atoms with Crippen molar-refractivity contribution in [3.63, 3.8) is 0 Å². The van der Waals surface area contributed by atoms with Gasteiger partial charge in [-0.1, -0.05) is 12.8 Å². The van der Waals surface area contributed by atoms with E-state index in [1.807, 2.05) is 0 Å². The summed E-state index contributed by atoms with van der Waals surface area (Å²) in [5.74, 6) is 1.53. The van der Waals surface area contributed by atoms with E-state index in [0.717, 1.165) is 38.3 Å². The van der Waals surface area contributed by atoms with Crippen LogP contribution in [-0.2, 0) is 9.59 Å². The third kappa shape index (κ3) is 1.62. The van der Waals surface area contributed by atoms with E-state index in [2.05, 4.69) is 0 Å². The summed E-state index contributed by atoms with van der Waals surface area (Å²) in [6, 6.07) is 0. The number of hydrogen-bond acceptors (Lipinski definition) is 2. The molecule has 0 saturated heterocycles. The molecular formula is C12H18O2. The van der Waals surface area contributed by atoms with Crippen LogP contribution in [-0.4, -0.2) is 12.6 Å². The van der Waals surface area contributed by atoms with Crippen LogP contribution < -0.4 is 0 Å². The lowest BCUT2D eigenvalue weighted by molar-refractivity contribution is -0.121. The minimum atomic E-state index is 0.247. The highest BCUT2D eigenvalue weighted by molar-refractivity contribution is 5.57. The largest absolute Gasteiger partial charge is 0.303 e. The molecule has 0 aromatic heterocycles. The Labute approximate surface area is 85.1 Å². The lowest BCUT2D eigenvalue weighted by Gasteiger charge is -2.42. The molecule has 0 N–H and O–H groups in total. The molecule has 0 aromatic carbocycles. The zero-order valence-electron chi connectivity index (χ0n) is 8.52. The molecule has 0 spiro atoms. The van der Waals surface area contributed by atoms with Gasteiger partial charge in [-0.15, -0.1) is 0 Å². The van der Waals surface area contributed by atoms with Gasteiger partial charge in [-0.2, -0.15) is 0 Å². The Morgan fingerprint density at radius 2 is 1.14 bits per heavy atom. The Bertz CT molecular complexity index is 200. The van der Waals surface area contributed by atoms with Gasteiger partial charge in [0.05, 0.1) is 0 Å². The summed E-state index contributed by atoms with van der Waals surface area (Å²) >= 11 is 0. The lowest BCUT2D eigenvalue weighted by Crippen LogP contribution is -2.37. The highest BCUT2D eigenvalue weighted by Crippen LogP contribution is 2.45. The van der Waals surface area contributed by atoms with Crippen LogP contribution in [0.1, 0.15) is 38.5 Å². The minimum Gasteiger partial charge on any atom is -0.303 e. The van der Waals surface area contributed by atoms with Gasteiger partial charge < -0.3 is 9.59 Å². The maximum Gasteiger partial charge on any atom is 0.123 e. The molecule has 0 aliphatic heterocycles. The predicted molar refractivity (Wildman–Crippen MR) is 53.8 cm³/mol. The van der Waals surface area contributed by atoms with E-state index in [1.165, 1.54) is 12.8 Å². The van der Waals surface area contributed by atoms with Crippen molar-refractivity contribution in [1.82, 2.24) is 0 Å². The molecule has 2 aliphatic rings. The molecule has 4 atom stereocenters. The van der Waals surface area contributed by atoms with Crippen LogP contribution in [0.3, 0.4) is 0 Å². The molecular weight excluding hydrogens is 176 g/mol. The average molecular weight is 194 g/mol. The van der Waals surface area contributed by atoms with Crippen molar-refractivity contribution in [2.45, 2.75) is 38.5 Å². The number of carbonyl (C=O) groups excluding carboxylic acids is 2. The van der Waals surface area contributed by atoms with Crippen molar-refractivity contribution >= 4 is 12.6 Å². The third-order valence-electron chi connectivity index (χ3n) is 4.15. The zero-order valence-corrected chi connectivity index (χ0v) is 8.52. The molecule has 2 aliphatic carbocycles. The number of carbonyl (C=O) groups is 2. The summed E-state index contributed by atoms with van der Waals surface area (Å²) in [5, 5.41) is 0. The molecule has 0 heterocycles. The summed E-state index contributed by atoms with van der Waals surface area (Å²) in [4.78, 5) is 21.8. The number of aldehydes is 2. The van der Waals surface area contributed by atoms with Crippen molar-refractivity contribution < 1.29 is 9.59 Å². The van der Waals surface area contributed by atoms with E-state index in [4.69, 9.17) is 0 Å². The van der Waals surface area contributed by atoms with E-state index in [1.54, 1.807) is 0 Å². The predicted octanol–water partition coefficient (Wildman–Crippen LogP) is 2.22. The van der Waals surface area contributed by atoms with Gasteiger partial charge in [0.15, 0.2) is 0 Å². The standard InChI is InChI=1S/C12H18O2/c13-7-9-3-1-5-11-10(8-14)4-2-6-12(9)11/h7-12H,1-6H2. The molecule has 14 heavy (non-hydrogen) atoms. The molecule has 0 bridgehead atoms. The number of rotatable bonds is 2. The van der Waals surface area contributed by atoms with Crippen LogP contribution >= 0.6 is 0 Å². The topological polar surface area (TPSA) is 34.1 Å². The van der Waals surface area contributed by atoms with Crippen molar-refractivity contribution in [2.24, 2.45) is 23.7 Å². The van der Waals surface area contributed by atoms with Crippen LogP contribution in [0.4, 0.5) is 0 Å². The van der Waals surface area contributed by atoms with Crippen molar-refractivity contribution in [3.8, 4) is 0 Å². The van der Waals surface area contributed by atoms with Crippen LogP contribution in [0.15, 0.2) is 0 Å². The lowest BCUT2D eigenvalue weighted by atomic mass is 9.62. The first-order valence-corrected chi connectivity index (χ1v) is 5.77. The van der Waals surface area contributed by atoms with Gasteiger partial charge in [-0.25, -0.2) is 0 Å². The summed E-state index contributed by atoms with van der Waals surface area (Å²) in [7, 11) is 0. The van der Waals surface area contributed by atoms with Crippen LogP contribution in [0.2, 0.25) is 0 Å². The number of fused-ring (bicyclic) bond motifs is 1. The summed E-state index contributed by atoms with van der Waals surface area (Å²) in [6.07, 6.45) is 8.96. The second-order valence-corrected chi connectivity index (χ2v) is 4.79. The molecule has 2 saturated carbocycles. The summed E-state index contributed by atoms with van der Waals surface area (Å²) in [6.45, 7) is 0. The molecule has 2 heteroatoms. The van der Waals surface area contributed by atoms with Gasteiger partial charge in [0.25, 0.3) is 0 Å². The fourth-order valence-corrected chi connectivity index (χ4v) is 3.44. The fourth-order valence-electron chi connectivity index (χ4n) is 3.44. The maximum absolute atomic E-state index is 10.9. The maximum atomic E-state index is 10.9. The smallest absolute Gasteiger partial charge is 0.123 e. The van der Waals surface area contributed by atoms with E-state index >= 15 is 0 Å². The van der Waals surface area contributed by atoms with Gasteiger partial charge in [0.2, 0.25) is 0 Å². The molecule has 2 fully saturated rings. The third-order valence-corrected chi connectivity index (χ3v) is 4.15. The van der Waals surface area contributed by atoms with E-state index in [0.29, 0.717) is 11.8 Å². The van der Waals surface area contributed by atoms with Crippen LogP contribution in [0.25, 0.3) is 0 Å². The molecule has 78 valence electrons. The number of hydrogen-bond donors (Lipinski definition) is 0. The van der Waals surface area contributed by atoms with Gasteiger partial charge in [0, 0.05) is 11.8 Å². The molecule has 0 radical (unpaired) electrons. The van der Waals surface area contributed by atoms with Gasteiger partial charge in [-0.3, -0.25) is 0 Å². The Balaban J connectivity index is 2.12. The molecule has 0 amide bonds. The first-order chi connectivity index (χ1) is 6.86. The molecule has 2 nitrogen and oxygen atoms in total. The Hall–Kier alpha value is -0.660. The SMILES string of the molecule is O=CC1CCCC2C(C=O)CCCC12. The first kappa shape index (κ1) is 9.88. The second kappa shape index (κ2) is 4.24. The Kier molecular flexibility index (Phi) is 2.99. The molecule has 4 unspecified atom stereocenters. The van der Waals surface area contributed by atoms with Crippen LogP contribution in [0.5, 0.6) is 0 Å². The fraction of sp³-hybridized carbons (Fsp3) is 0.833. The highest BCUT2D eigenvalue weighted by atomic mass is 16.1.